The topological polar surface area (TPSA) is 91.6 Å². The van der Waals surface area contributed by atoms with Crippen molar-refractivity contribution in [2.24, 2.45) is 4.99 Å². The van der Waals surface area contributed by atoms with Gasteiger partial charge in [0.25, 0.3) is 0 Å². The molecule has 3 rings (SSSR count). The summed E-state index contributed by atoms with van der Waals surface area (Å²) >= 11 is 0. The fraction of sp³-hybridized carbons (Fsp3) is 0.476. The predicted octanol–water partition coefficient (Wildman–Crippen LogP) is 2.85. The second-order valence-corrected chi connectivity index (χ2v) is 6.96. The van der Waals surface area contributed by atoms with Gasteiger partial charge >= 0.3 is 0 Å². The van der Waals surface area contributed by atoms with Crippen molar-refractivity contribution in [3.05, 3.63) is 42.3 Å². The molecule has 3 N–H and O–H groups in total. The molecule has 1 heterocycles. The molecule has 2 aromatic rings. The van der Waals surface area contributed by atoms with Gasteiger partial charge in [0.15, 0.2) is 5.96 Å². The minimum absolute atomic E-state index is 0.00491. The summed E-state index contributed by atoms with van der Waals surface area (Å²) in [4.78, 5) is 21.1. The maximum absolute atomic E-state index is 12.2. The van der Waals surface area contributed by atoms with E-state index in [4.69, 9.17) is 4.42 Å². The molecule has 0 radical (unpaired) electrons. The predicted molar refractivity (Wildman–Crippen MR) is 110 cm³/mol. The molecule has 150 valence electrons. The van der Waals surface area contributed by atoms with Gasteiger partial charge in [0.1, 0.15) is 12.0 Å². The van der Waals surface area contributed by atoms with E-state index in [1.807, 2.05) is 37.3 Å². The van der Waals surface area contributed by atoms with Crippen molar-refractivity contribution >= 4 is 11.9 Å². The number of guanidine groups is 1. The number of carbonyl (C=O) groups excluding carboxylic acids is 1. The van der Waals surface area contributed by atoms with E-state index < -0.39 is 0 Å². The van der Waals surface area contributed by atoms with Crippen LogP contribution in [0, 0.1) is 0 Å². The second-order valence-electron chi connectivity index (χ2n) is 6.96. The van der Waals surface area contributed by atoms with E-state index >= 15 is 0 Å². The maximum atomic E-state index is 12.2. The van der Waals surface area contributed by atoms with E-state index in [0.29, 0.717) is 31.0 Å². The molecular weight excluding hydrogens is 354 g/mol. The van der Waals surface area contributed by atoms with Crippen molar-refractivity contribution in [1.82, 2.24) is 20.9 Å². The summed E-state index contributed by atoms with van der Waals surface area (Å²) in [6.07, 6.45) is 7.45. The summed E-state index contributed by atoms with van der Waals surface area (Å²) in [5, 5.41) is 9.34. The summed E-state index contributed by atoms with van der Waals surface area (Å²) in [5.74, 6) is 1.17. The highest BCUT2D eigenvalue weighted by Gasteiger charge is 2.15. The number of oxazole rings is 1. The summed E-state index contributed by atoms with van der Waals surface area (Å²) in [6, 6.07) is 10.1. The summed E-state index contributed by atoms with van der Waals surface area (Å²) in [5.41, 5.74) is 1.67. The first-order valence-corrected chi connectivity index (χ1v) is 10.1. The number of nitrogens with one attached hydrogen (secondary N) is 3. The van der Waals surface area contributed by atoms with E-state index in [-0.39, 0.29) is 12.5 Å². The number of aliphatic imine (C=N–C) groups is 1. The second kappa shape index (κ2) is 10.5. The standard InChI is InChI=1S/C21H29N5O2/c1-2-22-21(24-14-19(27)25-17-11-7-4-8-12-17)23-13-18-15-28-20(26-18)16-9-5-3-6-10-16/h3,5-6,9-10,15,17H,2,4,7-8,11-14H2,1H3,(H,25,27)(H2,22,23,24). The summed E-state index contributed by atoms with van der Waals surface area (Å²) < 4.78 is 5.54. The molecule has 1 fully saturated rings. The average molecular weight is 383 g/mol. The first kappa shape index (κ1) is 19.9. The van der Waals surface area contributed by atoms with Crippen molar-refractivity contribution in [2.75, 3.05) is 13.1 Å². The van der Waals surface area contributed by atoms with E-state index in [2.05, 4.69) is 25.9 Å². The Labute approximate surface area is 166 Å². The summed E-state index contributed by atoms with van der Waals surface area (Å²) in [7, 11) is 0. The zero-order valence-electron chi connectivity index (χ0n) is 16.4. The minimum atomic E-state index is 0.00491. The van der Waals surface area contributed by atoms with Gasteiger partial charge in [-0.15, -0.1) is 0 Å². The zero-order chi connectivity index (χ0) is 19.6. The molecule has 7 nitrogen and oxygen atoms in total. The lowest BCUT2D eigenvalue weighted by Crippen LogP contribution is -2.46. The number of nitrogens with zero attached hydrogens (tertiary/aromatic N) is 2. The fourth-order valence-corrected chi connectivity index (χ4v) is 3.28. The molecule has 0 unspecified atom stereocenters. The molecule has 1 amide bonds. The fourth-order valence-electron chi connectivity index (χ4n) is 3.28. The van der Waals surface area contributed by atoms with E-state index in [1.54, 1.807) is 6.26 Å². The largest absolute Gasteiger partial charge is 0.444 e. The monoisotopic (exact) mass is 383 g/mol. The van der Waals surface area contributed by atoms with Gasteiger partial charge in [-0.05, 0) is 31.9 Å². The summed E-state index contributed by atoms with van der Waals surface area (Å²) in [6.45, 7) is 3.28. The lowest BCUT2D eigenvalue weighted by molar-refractivity contribution is -0.120. The van der Waals surface area contributed by atoms with Crippen LogP contribution in [0.5, 0.6) is 0 Å². The number of amides is 1. The lowest BCUT2D eigenvalue weighted by Gasteiger charge is -2.23. The highest BCUT2D eigenvalue weighted by Crippen LogP contribution is 2.18. The van der Waals surface area contributed by atoms with Crippen molar-refractivity contribution in [3.63, 3.8) is 0 Å². The number of hydrogen-bond acceptors (Lipinski definition) is 4. The van der Waals surface area contributed by atoms with Gasteiger partial charge in [0, 0.05) is 18.2 Å². The Bertz CT molecular complexity index is 766. The molecule has 0 aliphatic heterocycles. The first-order chi connectivity index (χ1) is 13.7. The third-order valence-electron chi connectivity index (χ3n) is 4.70. The number of hydrogen-bond donors (Lipinski definition) is 3. The molecule has 0 saturated heterocycles. The molecule has 0 bridgehead atoms. The molecule has 1 aromatic heterocycles. The molecule has 0 atom stereocenters. The zero-order valence-corrected chi connectivity index (χ0v) is 16.4. The van der Waals surface area contributed by atoms with Gasteiger partial charge in [-0.25, -0.2) is 9.98 Å². The van der Waals surface area contributed by atoms with Gasteiger partial charge < -0.3 is 20.4 Å². The molecule has 1 saturated carbocycles. The Balaban J connectivity index is 1.51. The van der Waals surface area contributed by atoms with Gasteiger partial charge in [-0.2, -0.15) is 0 Å². The van der Waals surface area contributed by atoms with Crippen molar-refractivity contribution < 1.29 is 9.21 Å². The smallest absolute Gasteiger partial charge is 0.239 e. The van der Waals surface area contributed by atoms with E-state index in [0.717, 1.165) is 24.1 Å². The molecule has 28 heavy (non-hydrogen) atoms. The minimum Gasteiger partial charge on any atom is -0.444 e. The Hall–Kier alpha value is -2.83. The van der Waals surface area contributed by atoms with Crippen LogP contribution in [0.2, 0.25) is 0 Å². The van der Waals surface area contributed by atoms with Crippen LogP contribution in [0.25, 0.3) is 11.5 Å². The Morgan fingerprint density at radius 2 is 1.96 bits per heavy atom. The highest BCUT2D eigenvalue weighted by atomic mass is 16.3. The van der Waals surface area contributed by atoms with Crippen molar-refractivity contribution in [1.29, 1.82) is 0 Å². The first-order valence-electron chi connectivity index (χ1n) is 10.1. The Morgan fingerprint density at radius 1 is 1.18 bits per heavy atom. The van der Waals surface area contributed by atoms with Crippen molar-refractivity contribution in [2.45, 2.75) is 51.6 Å². The van der Waals surface area contributed by atoms with Crippen LogP contribution in [0.3, 0.4) is 0 Å². The van der Waals surface area contributed by atoms with Gasteiger partial charge in [-0.3, -0.25) is 4.79 Å². The SMILES string of the molecule is CCNC(=NCc1coc(-c2ccccc2)n1)NCC(=O)NC1CCCCC1. The highest BCUT2D eigenvalue weighted by molar-refractivity contribution is 5.86. The third kappa shape index (κ3) is 6.11. The molecule has 1 aromatic carbocycles. The quantitative estimate of drug-likeness (QED) is 0.505. The maximum Gasteiger partial charge on any atom is 0.239 e. The van der Waals surface area contributed by atoms with Gasteiger partial charge in [-0.1, -0.05) is 37.5 Å². The van der Waals surface area contributed by atoms with Crippen LogP contribution < -0.4 is 16.0 Å². The molecule has 1 aliphatic carbocycles. The van der Waals surface area contributed by atoms with Crippen molar-refractivity contribution in [3.8, 4) is 11.5 Å². The number of benzene rings is 1. The van der Waals surface area contributed by atoms with E-state index in [9.17, 15) is 4.79 Å². The van der Waals surface area contributed by atoms with Crippen LogP contribution in [0.15, 0.2) is 46.0 Å². The Morgan fingerprint density at radius 3 is 2.71 bits per heavy atom. The van der Waals surface area contributed by atoms with Crippen LogP contribution in [0.4, 0.5) is 0 Å². The molecule has 0 spiro atoms. The Kier molecular flexibility index (Phi) is 7.46. The third-order valence-corrected chi connectivity index (χ3v) is 4.70. The normalized spacial score (nSPS) is 15.2. The van der Waals surface area contributed by atoms with Gasteiger partial charge in [0.05, 0.1) is 13.1 Å². The number of carbonyl (C=O) groups is 1. The van der Waals surface area contributed by atoms with E-state index in [1.165, 1.54) is 19.3 Å². The lowest BCUT2D eigenvalue weighted by atomic mass is 9.95. The number of rotatable bonds is 7. The number of aromatic nitrogens is 1. The van der Waals surface area contributed by atoms with Crippen LogP contribution in [-0.4, -0.2) is 36.0 Å². The molecular formula is C21H29N5O2. The molecule has 1 aliphatic rings. The van der Waals surface area contributed by atoms with Crippen LogP contribution in [0.1, 0.15) is 44.7 Å². The van der Waals surface area contributed by atoms with Crippen LogP contribution >= 0.6 is 0 Å². The van der Waals surface area contributed by atoms with Crippen LogP contribution in [-0.2, 0) is 11.3 Å². The molecule has 7 heteroatoms. The van der Waals surface area contributed by atoms with Gasteiger partial charge in [0.2, 0.25) is 11.8 Å². The average Bonchev–Trinajstić information content (AvgIpc) is 3.20.